The lowest BCUT2D eigenvalue weighted by molar-refractivity contribution is 0.102. The van der Waals surface area contributed by atoms with Crippen LogP contribution in [-0.4, -0.2) is 20.9 Å². The molecule has 1 amide bonds. The van der Waals surface area contributed by atoms with Crippen molar-refractivity contribution in [3.05, 3.63) is 52.3 Å². The van der Waals surface area contributed by atoms with Crippen molar-refractivity contribution in [2.45, 2.75) is 6.92 Å². The van der Waals surface area contributed by atoms with Crippen LogP contribution in [0.3, 0.4) is 0 Å². The molecule has 0 aliphatic rings. The van der Waals surface area contributed by atoms with Gasteiger partial charge in [0, 0.05) is 12.3 Å². The zero-order chi connectivity index (χ0) is 12.3. The third kappa shape index (κ3) is 2.75. The van der Waals surface area contributed by atoms with Crippen LogP contribution in [0.5, 0.6) is 0 Å². The number of aromatic amines is 1. The second kappa shape index (κ2) is 4.56. The van der Waals surface area contributed by atoms with Crippen LogP contribution in [0.4, 0.5) is 5.82 Å². The fourth-order valence-electron chi connectivity index (χ4n) is 1.28. The maximum absolute atomic E-state index is 11.7. The molecule has 0 bridgehead atoms. The molecular formula is C11H10N4O2. The molecule has 0 unspecified atom stereocenters. The summed E-state index contributed by atoms with van der Waals surface area (Å²) in [7, 11) is 0. The summed E-state index contributed by atoms with van der Waals surface area (Å²) in [6.45, 7) is 1.89. The Morgan fingerprint density at radius 2 is 2.18 bits per heavy atom. The first-order valence-corrected chi connectivity index (χ1v) is 4.94. The third-order valence-electron chi connectivity index (χ3n) is 2.07. The predicted molar refractivity (Wildman–Crippen MR) is 61.8 cm³/mol. The molecule has 0 aromatic carbocycles. The Hall–Kier alpha value is -2.50. The lowest BCUT2D eigenvalue weighted by Crippen LogP contribution is -2.18. The van der Waals surface area contributed by atoms with Crippen molar-refractivity contribution in [3.8, 4) is 0 Å². The van der Waals surface area contributed by atoms with Crippen LogP contribution in [0.1, 0.15) is 16.1 Å². The average molecular weight is 230 g/mol. The van der Waals surface area contributed by atoms with Gasteiger partial charge < -0.3 is 10.3 Å². The van der Waals surface area contributed by atoms with Gasteiger partial charge in [0.2, 0.25) is 0 Å². The van der Waals surface area contributed by atoms with Gasteiger partial charge in [-0.25, -0.2) is 9.97 Å². The van der Waals surface area contributed by atoms with E-state index in [0.717, 1.165) is 11.6 Å². The lowest BCUT2D eigenvalue weighted by Gasteiger charge is -2.03. The van der Waals surface area contributed by atoms with Crippen LogP contribution >= 0.6 is 0 Å². The van der Waals surface area contributed by atoms with E-state index in [2.05, 4.69) is 20.3 Å². The number of amides is 1. The molecule has 2 aromatic heterocycles. The minimum atomic E-state index is -0.464. The van der Waals surface area contributed by atoms with E-state index in [1.807, 2.05) is 13.0 Å². The lowest BCUT2D eigenvalue weighted by atomic mass is 10.3. The molecule has 2 N–H and O–H groups in total. The highest BCUT2D eigenvalue weighted by atomic mass is 16.2. The smallest absolute Gasteiger partial charge is 0.275 e. The number of aromatic nitrogens is 3. The van der Waals surface area contributed by atoms with E-state index in [1.54, 1.807) is 12.3 Å². The molecule has 6 heteroatoms. The number of carbonyl (C=O) groups excluding carboxylic acids is 1. The minimum Gasteiger partial charge on any atom is -0.313 e. The first-order chi connectivity index (χ1) is 8.15. The van der Waals surface area contributed by atoms with E-state index in [1.165, 1.54) is 6.33 Å². The van der Waals surface area contributed by atoms with Crippen LogP contribution in [0.25, 0.3) is 0 Å². The van der Waals surface area contributed by atoms with Crippen LogP contribution in [0.2, 0.25) is 0 Å². The van der Waals surface area contributed by atoms with Gasteiger partial charge in [0.1, 0.15) is 11.5 Å². The fourth-order valence-corrected chi connectivity index (χ4v) is 1.28. The third-order valence-corrected chi connectivity index (χ3v) is 2.07. The summed E-state index contributed by atoms with van der Waals surface area (Å²) >= 11 is 0. The number of nitrogens with zero attached hydrogens (tertiary/aromatic N) is 2. The van der Waals surface area contributed by atoms with Gasteiger partial charge in [-0.05, 0) is 24.6 Å². The van der Waals surface area contributed by atoms with Crippen molar-refractivity contribution < 1.29 is 4.79 Å². The molecule has 0 saturated carbocycles. The first-order valence-electron chi connectivity index (χ1n) is 4.94. The largest absolute Gasteiger partial charge is 0.313 e. The molecule has 6 nitrogen and oxygen atoms in total. The number of H-pyrrole nitrogens is 1. The molecule has 2 heterocycles. The van der Waals surface area contributed by atoms with E-state index < -0.39 is 5.91 Å². The van der Waals surface area contributed by atoms with E-state index in [4.69, 9.17) is 0 Å². The normalized spacial score (nSPS) is 9.94. The van der Waals surface area contributed by atoms with Crippen molar-refractivity contribution in [1.82, 2.24) is 15.0 Å². The number of nitrogens with one attached hydrogen (secondary N) is 2. The van der Waals surface area contributed by atoms with Crippen molar-refractivity contribution in [2.75, 3.05) is 5.32 Å². The fraction of sp³-hybridized carbons (Fsp3) is 0.0909. The number of hydrogen-bond donors (Lipinski definition) is 2. The topological polar surface area (TPSA) is 87.7 Å². The summed E-state index contributed by atoms with van der Waals surface area (Å²) in [5.74, 6) is -0.0359. The van der Waals surface area contributed by atoms with Crippen molar-refractivity contribution in [1.29, 1.82) is 0 Å². The molecular weight excluding hydrogens is 220 g/mol. The summed E-state index contributed by atoms with van der Waals surface area (Å²) in [5, 5.41) is 2.56. The molecule has 0 saturated heterocycles. The van der Waals surface area contributed by atoms with E-state index in [9.17, 15) is 9.59 Å². The Morgan fingerprint density at radius 1 is 1.35 bits per heavy atom. The summed E-state index contributed by atoms with van der Waals surface area (Å²) < 4.78 is 0. The number of pyridine rings is 1. The Morgan fingerprint density at radius 3 is 2.88 bits per heavy atom. The molecule has 0 spiro atoms. The van der Waals surface area contributed by atoms with Crippen LogP contribution in [0.15, 0.2) is 35.5 Å². The molecule has 2 aromatic rings. The van der Waals surface area contributed by atoms with Gasteiger partial charge in [-0.1, -0.05) is 0 Å². The van der Waals surface area contributed by atoms with Crippen LogP contribution in [-0.2, 0) is 0 Å². The Kier molecular flexibility index (Phi) is 2.95. The first kappa shape index (κ1) is 11.0. The summed E-state index contributed by atoms with van der Waals surface area (Å²) in [5.41, 5.74) is 0.661. The van der Waals surface area contributed by atoms with Crippen LogP contribution in [0, 0.1) is 6.92 Å². The molecule has 0 aliphatic carbocycles. The van der Waals surface area contributed by atoms with Gasteiger partial charge in [-0.2, -0.15) is 0 Å². The number of hydrogen-bond acceptors (Lipinski definition) is 4. The Labute approximate surface area is 96.8 Å². The summed E-state index contributed by atoms with van der Waals surface area (Å²) in [6, 6.07) is 4.68. The van der Waals surface area contributed by atoms with Crippen LogP contribution < -0.4 is 10.9 Å². The van der Waals surface area contributed by atoms with Gasteiger partial charge in [-0.15, -0.1) is 0 Å². The quantitative estimate of drug-likeness (QED) is 0.795. The van der Waals surface area contributed by atoms with Crippen molar-refractivity contribution in [2.24, 2.45) is 0 Å². The molecule has 0 radical (unpaired) electrons. The van der Waals surface area contributed by atoms with E-state index in [0.29, 0.717) is 5.82 Å². The number of carbonyl (C=O) groups is 1. The molecule has 0 aliphatic heterocycles. The standard InChI is InChI=1S/C11H10N4O2/c1-7-2-3-12-9(4-7)15-11(17)8-5-10(16)14-6-13-8/h2-6H,1H3,(H,12,15,17)(H,13,14,16). The molecule has 17 heavy (non-hydrogen) atoms. The summed E-state index contributed by atoms with van der Waals surface area (Å²) in [6.07, 6.45) is 2.77. The van der Waals surface area contributed by atoms with Gasteiger partial charge in [0.25, 0.3) is 11.5 Å². The van der Waals surface area contributed by atoms with Gasteiger partial charge in [0.05, 0.1) is 6.33 Å². The van der Waals surface area contributed by atoms with Crippen molar-refractivity contribution >= 4 is 11.7 Å². The SMILES string of the molecule is Cc1ccnc(NC(=O)c2cc(=O)[nH]cn2)c1. The molecule has 86 valence electrons. The second-order valence-electron chi connectivity index (χ2n) is 3.47. The maximum atomic E-state index is 11.7. The van der Waals surface area contributed by atoms with Gasteiger partial charge in [0.15, 0.2) is 0 Å². The predicted octanol–water partition coefficient (Wildman–Crippen LogP) is 0.726. The zero-order valence-corrected chi connectivity index (χ0v) is 9.10. The second-order valence-corrected chi connectivity index (χ2v) is 3.47. The molecule has 2 rings (SSSR count). The highest BCUT2D eigenvalue weighted by Gasteiger charge is 2.08. The molecule has 0 atom stereocenters. The Balaban J connectivity index is 2.20. The van der Waals surface area contributed by atoms with Gasteiger partial charge in [-0.3, -0.25) is 9.59 Å². The minimum absolute atomic E-state index is 0.0528. The van der Waals surface area contributed by atoms with E-state index >= 15 is 0 Å². The monoisotopic (exact) mass is 230 g/mol. The van der Waals surface area contributed by atoms with Gasteiger partial charge >= 0.3 is 0 Å². The number of anilines is 1. The average Bonchev–Trinajstić information content (AvgIpc) is 2.29. The molecule has 0 fully saturated rings. The highest BCUT2D eigenvalue weighted by molar-refractivity contribution is 6.02. The maximum Gasteiger partial charge on any atom is 0.275 e. The highest BCUT2D eigenvalue weighted by Crippen LogP contribution is 2.06. The van der Waals surface area contributed by atoms with E-state index in [-0.39, 0.29) is 11.3 Å². The number of rotatable bonds is 2. The number of aryl methyl sites for hydroxylation is 1. The van der Waals surface area contributed by atoms with Crippen molar-refractivity contribution in [3.63, 3.8) is 0 Å². The zero-order valence-electron chi connectivity index (χ0n) is 9.10. The Bertz CT molecular complexity index is 606. The summed E-state index contributed by atoms with van der Waals surface area (Å²) in [4.78, 5) is 32.8.